The van der Waals surface area contributed by atoms with E-state index in [4.69, 9.17) is 4.74 Å². The highest BCUT2D eigenvalue weighted by atomic mass is 79.9. The molecule has 0 bridgehead atoms. The van der Waals surface area contributed by atoms with Crippen molar-refractivity contribution in [2.24, 2.45) is 0 Å². The van der Waals surface area contributed by atoms with Crippen LogP contribution in [0.2, 0.25) is 0 Å². The number of ether oxygens (including phenoxy) is 1. The Bertz CT molecular complexity index is 1180. The number of anilines is 1. The number of carbonyl (C=O) groups excluding carboxylic acids is 1. The second-order valence-electron chi connectivity index (χ2n) is 6.52. The van der Waals surface area contributed by atoms with Crippen LogP contribution >= 0.6 is 27.7 Å². The lowest BCUT2D eigenvalue weighted by Gasteiger charge is -2.12. The number of aromatic nitrogens is 3. The highest BCUT2D eigenvalue weighted by Crippen LogP contribution is 2.33. The lowest BCUT2D eigenvalue weighted by atomic mass is 10.2. The van der Waals surface area contributed by atoms with E-state index < -0.39 is 0 Å². The van der Waals surface area contributed by atoms with Crippen molar-refractivity contribution >= 4 is 39.3 Å². The molecule has 6 nitrogen and oxygen atoms in total. The SMILES string of the molecule is COc1ccccc1-c1nnc(SCC(=O)Nc2ccc(Br)cc2)n1-c1ccccc1. The molecule has 1 aromatic heterocycles. The summed E-state index contributed by atoms with van der Waals surface area (Å²) in [6.45, 7) is 0. The van der Waals surface area contributed by atoms with Gasteiger partial charge in [0.15, 0.2) is 11.0 Å². The molecule has 31 heavy (non-hydrogen) atoms. The summed E-state index contributed by atoms with van der Waals surface area (Å²) in [6, 6.07) is 25.0. The van der Waals surface area contributed by atoms with E-state index in [9.17, 15) is 4.79 Å². The molecule has 8 heteroatoms. The van der Waals surface area contributed by atoms with Crippen molar-refractivity contribution in [2.75, 3.05) is 18.2 Å². The minimum atomic E-state index is -0.117. The molecule has 0 fully saturated rings. The Hall–Kier alpha value is -3.10. The van der Waals surface area contributed by atoms with Gasteiger partial charge in [-0.15, -0.1) is 10.2 Å². The van der Waals surface area contributed by atoms with Crippen LogP contribution in [0.15, 0.2) is 88.5 Å². The van der Waals surface area contributed by atoms with E-state index in [1.54, 1.807) is 7.11 Å². The van der Waals surface area contributed by atoms with Gasteiger partial charge in [-0.05, 0) is 48.5 Å². The van der Waals surface area contributed by atoms with Gasteiger partial charge in [0.25, 0.3) is 0 Å². The highest BCUT2D eigenvalue weighted by molar-refractivity contribution is 9.10. The largest absolute Gasteiger partial charge is 0.496 e. The number of halogens is 1. The van der Waals surface area contributed by atoms with E-state index in [0.717, 1.165) is 21.4 Å². The van der Waals surface area contributed by atoms with Gasteiger partial charge >= 0.3 is 0 Å². The van der Waals surface area contributed by atoms with E-state index in [1.165, 1.54) is 11.8 Å². The molecule has 1 N–H and O–H groups in total. The predicted octanol–water partition coefficient (Wildman–Crippen LogP) is 5.44. The average molecular weight is 495 g/mol. The van der Waals surface area contributed by atoms with E-state index in [1.807, 2.05) is 83.4 Å². The second kappa shape index (κ2) is 9.80. The fraction of sp³-hybridized carbons (Fsp3) is 0.0870. The molecule has 0 spiro atoms. The van der Waals surface area contributed by atoms with Crippen molar-refractivity contribution in [3.8, 4) is 22.8 Å². The summed E-state index contributed by atoms with van der Waals surface area (Å²) in [4.78, 5) is 12.5. The van der Waals surface area contributed by atoms with Crippen LogP contribution in [0.4, 0.5) is 5.69 Å². The van der Waals surface area contributed by atoms with Crippen LogP contribution in [0.5, 0.6) is 5.75 Å². The van der Waals surface area contributed by atoms with Gasteiger partial charge in [-0.1, -0.05) is 58.0 Å². The van der Waals surface area contributed by atoms with Crippen molar-refractivity contribution < 1.29 is 9.53 Å². The topological polar surface area (TPSA) is 69.0 Å². The van der Waals surface area contributed by atoms with E-state index in [0.29, 0.717) is 16.7 Å². The molecule has 0 aliphatic carbocycles. The first-order valence-electron chi connectivity index (χ1n) is 9.48. The normalized spacial score (nSPS) is 10.6. The molecule has 0 aliphatic rings. The van der Waals surface area contributed by atoms with Gasteiger partial charge < -0.3 is 10.1 Å². The smallest absolute Gasteiger partial charge is 0.234 e. The predicted molar refractivity (Wildman–Crippen MR) is 127 cm³/mol. The molecule has 0 atom stereocenters. The van der Waals surface area contributed by atoms with Gasteiger partial charge in [0.05, 0.1) is 18.4 Å². The van der Waals surface area contributed by atoms with Gasteiger partial charge in [-0.25, -0.2) is 0 Å². The summed E-state index contributed by atoms with van der Waals surface area (Å²) in [6.07, 6.45) is 0. The summed E-state index contributed by atoms with van der Waals surface area (Å²) in [5.41, 5.74) is 2.48. The number of amides is 1. The van der Waals surface area contributed by atoms with Crippen molar-refractivity contribution in [3.63, 3.8) is 0 Å². The number of hydrogen-bond donors (Lipinski definition) is 1. The fourth-order valence-corrected chi connectivity index (χ4v) is 4.05. The third-order valence-electron chi connectivity index (χ3n) is 4.46. The summed E-state index contributed by atoms with van der Waals surface area (Å²) in [7, 11) is 1.63. The monoisotopic (exact) mass is 494 g/mol. The fourth-order valence-electron chi connectivity index (χ4n) is 3.04. The maximum Gasteiger partial charge on any atom is 0.234 e. The molecule has 0 aliphatic heterocycles. The Morgan fingerprint density at radius 2 is 1.71 bits per heavy atom. The quantitative estimate of drug-likeness (QED) is 0.346. The lowest BCUT2D eigenvalue weighted by Crippen LogP contribution is -2.14. The Morgan fingerprint density at radius 3 is 2.45 bits per heavy atom. The van der Waals surface area contributed by atoms with Crippen molar-refractivity contribution in [3.05, 3.63) is 83.3 Å². The van der Waals surface area contributed by atoms with Crippen LogP contribution in [0, 0.1) is 0 Å². The third kappa shape index (κ3) is 4.98. The molecule has 156 valence electrons. The van der Waals surface area contributed by atoms with E-state index in [-0.39, 0.29) is 11.7 Å². The van der Waals surface area contributed by atoms with Gasteiger partial charge in [-0.3, -0.25) is 9.36 Å². The molecular formula is C23H19BrN4O2S. The van der Waals surface area contributed by atoms with Crippen LogP contribution in [0.1, 0.15) is 0 Å². The number of nitrogens with zero attached hydrogens (tertiary/aromatic N) is 3. The molecule has 1 amide bonds. The standard InChI is InChI=1S/C23H19BrN4O2S/c1-30-20-10-6-5-9-19(20)22-26-27-23(28(22)18-7-3-2-4-8-18)31-15-21(29)25-17-13-11-16(24)12-14-17/h2-14H,15H2,1H3,(H,25,29). The molecule has 1 heterocycles. The highest BCUT2D eigenvalue weighted by Gasteiger charge is 2.19. The first-order valence-corrected chi connectivity index (χ1v) is 11.3. The number of benzene rings is 3. The van der Waals surface area contributed by atoms with Gasteiger partial charge in [-0.2, -0.15) is 0 Å². The molecule has 0 saturated carbocycles. The molecule has 3 aromatic carbocycles. The van der Waals surface area contributed by atoms with Crippen molar-refractivity contribution in [2.45, 2.75) is 5.16 Å². The summed E-state index contributed by atoms with van der Waals surface area (Å²) in [5.74, 6) is 1.44. The first kappa shape index (κ1) is 21.1. The van der Waals surface area contributed by atoms with Gasteiger partial charge in [0.1, 0.15) is 5.75 Å². The van der Waals surface area contributed by atoms with Gasteiger partial charge in [0, 0.05) is 15.8 Å². The third-order valence-corrected chi connectivity index (χ3v) is 5.91. The number of carbonyl (C=O) groups is 1. The number of para-hydroxylation sites is 2. The molecule has 0 unspecified atom stereocenters. The van der Waals surface area contributed by atoms with Crippen molar-refractivity contribution in [1.82, 2.24) is 14.8 Å². The number of hydrogen-bond acceptors (Lipinski definition) is 5. The van der Waals surface area contributed by atoms with E-state index in [2.05, 4.69) is 31.4 Å². The Labute approximate surface area is 192 Å². The van der Waals surface area contributed by atoms with Crippen LogP contribution in [0.3, 0.4) is 0 Å². The average Bonchev–Trinajstić information content (AvgIpc) is 3.23. The number of rotatable bonds is 7. The molecule has 4 rings (SSSR count). The van der Waals surface area contributed by atoms with Gasteiger partial charge in [0.2, 0.25) is 5.91 Å². The molecule has 0 saturated heterocycles. The van der Waals surface area contributed by atoms with E-state index >= 15 is 0 Å². The Kier molecular flexibility index (Phi) is 6.69. The maximum atomic E-state index is 12.5. The maximum absolute atomic E-state index is 12.5. The zero-order valence-electron chi connectivity index (χ0n) is 16.7. The molecule has 0 radical (unpaired) electrons. The first-order chi connectivity index (χ1) is 15.2. The summed E-state index contributed by atoms with van der Waals surface area (Å²) >= 11 is 4.72. The molecular weight excluding hydrogens is 476 g/mol. The zero-order chi connectivity index (χ0) is 21.6. The number of methoxy groups -OCH3 is 1. The number of thioether (sulfide) groups is 1. The summed E-state index contributed by atoms with van der Waals surface area (Å²) < 4.78 is 8.42. The second-order valence-corrected chi connectivity index (χ2v) is 8.38. The van der Waals surface area contributed by atoms with Crippen LogP contribution < -0.4 is 10.1 Å². The zero-order valence-corrected chi connectivity index (χ0v) is 19.1. The van der Waals surface area contributed by atoms with Crippen LogP contribution in [-0.2, 0) is 4.79 Å². The van der Waals surface area contributed by atoms with Crippen LogP contribution in [-0.4, -0.2) is 33.5 Å². The minimum absolute atomic E-state index is 0.117. The summed E-state index contributed by atoms with van der Waals surface area (Å²) in [5, 5.41) is 12.3. The molecule has 4 aromatic rings. The lowest BCUT2D eigenvalue weighted by molar-refractivity contribution is -0.113. The number of nitrogens with one attached hydrogen (secondary N) is 1. The Morgan fingerprint density at radius 1 is 1.00 bits per heavy atom. The van der Waals surface area contributed by atoms with Crippen LogP contribution in [0.25, 0.3) is 17.1 Å². The minimum Gasteiger partial charge on any atom is -0.496 e. The van der Waals surface area contributed by atoms with Crippen molar-refractivity contribution in [1.29, 1.82) is 0 Å². The Balaban J connectivity index is 1.61.